The van der Waals surface area contributed by atoms with Gasteiger partial charge in [0.05, 0.1) is 7.11 Å². The van der Waals surface area contributed by atoms with Crippen molar-refractivity contribution in [2.45, 2.75) is 26.3 Å². The van der Waals surface area contributed by atoms with Crippen molar-refractivity contribution in [1.82, 2.24) is 5.32 Å². The Balaban J connectivity index is 2.59. The lowest BCUT2D eigenvalue weighted by Gasteiger charge is -2.15. The van der Waals surface area contributed by atoms with Gasteiger partial charge in [0.15, 0.2) is 0 Å². The summed E-state index contributed by atoms with van der Waals surface area (Å²) in [5.41, 5.74) is 0.895. The molecule has 0 amide bonds. The van der Waals surface area contributed by atoms with E-state index in [1.165, 1.54) is 0 Å². The lowest BCUT2D eigenvalue weighted by molar-refractivity contribution is 0.404. The van der Waals surface area contributed by atoms with E-state index in [2.05, 4.69) is 11.4 Å². The number of methoxy groups -OCH3 is 1. The summed E-state index contributed by atoms with van der Waals surface area (Å²) in [7, 11) is 1.59. The van der Waals surface area contributed by atoms with E-state index in [-0.39, 0.29) is 11.8 Å². The summed E-state index contributed by atoms with van der Waals surface area (Å²) in [6.45, 7) is 4.95. The third-order valence-corrected chi connectivity index (χ3v) is 2.70. The van der Waals surface area contributed by atoms with Crippen molar-refractivity contribution in [3.05, 3.63) is 35.9 Å². The summed E-state index contributed by atoms with van der Waals surface area (Å²) < 4.78 is 5.05. The second-order valence-corrected chi connectivity index (χ2v) is 3.96. The van der Waals surface area contributed by atoms with E-state index in [0.717, 1.165) is 18.5 Å². The van der Waals surface area contributed by atoms with Crippen LogP contribution in [0.5, 0.6) is 11.5 Å². The highest BCUT2D eigenvalue weighted by molar-refractivity contribution is 5.41. The van der Waals surface area contributed by atoms with E-state index in [0.29, 0.717) is 5.75 Å². The molecule has 3 heteroatoms. The van der Waals surface area contributed by atoms with Crippen LogP contribution < -0.4 is 10.1 Å². The number of nitrogens with one attached hydrogen (secondary N) is 1. The first kappa shape index (κ1) is 13.6. The van der Waals surface area contributed by atoms with Gasteiger partial charge in [0.1, 0.15) is 11.5 Å². The summed E-state index contributed by atoms with van der Waals surface area (Å²) >= 11 is 0. The smallest absolute Gasteiger partial charge is 0.124 e. The van der Waals surface area contributed by atoms with Crippen LogP contribution in [0, 0.1) is 0 Å². The highest BCUT2D eigenvalue weighted by atomic mass is 16.5. The minimum absolute atomic E-state index is 0.131. The number of aromatic hydroxyl groups is 1. The van der Waals surface area contributed by atoms with Crippen molar-refractivity contribution in [3.8, 4) is 11.5 Å². The average Bonchev–Trinajstić information content (AvgIpc) is 2.34. The number of hydrogen-bond acceptors (Lipinski definition) is 3. The predicted molar refractivity (Wildman–Crippen MR) is 70.5 cm³/mol. The summed E-state index contributed by atoms with van der Waals surface area (Å²) in [6.07, 6.45) is 5.16. The number of hydrogen-bond donors (Lipinski definition) is 2. The zero-order valence-electron chi connectivity index (χ0n) is 10.7. The molecule has 1 unspecified atom stereocenters. The van der Waals surface area contributed by atoms with Crippen molar-refractivity contribution >= 4 is 0 Å². The van der Waals surface area contributed by atoms with Gasteiger partial charge < -0.3 is 15.2 Å². The molecule has 0 radical (unpaired) electrons. The Morgan fingerprint density at radius 3 is 2.82 bits per heavy atom. The quantitative estimate of drug-likeness (QED) is 0.588. The molecule has 0 aromatic heterocycles. The highest BCUT2D eigenvalue weighted by Gasteiger charge is 2.09. The van der Waals surface area contributed by atoms with Crippen LogP contribution in [0.4, 0.5) is 0 Å². The molecule has 2 N–H and O–H groups in total. The predicted octanol–water partition coefficient (Wildman–Crippen LogP) is 3.02. The van der Waals surface area contributed by atoms with Gasteiger partial charge in [-0.25, -0.2) is 0 Å². The third kappa shape index (κ3) is 4.11. The number of ether oxygens (including phenoxy) is 1. The largest absolute Gasteiger partial charge is 0.507 e. The molecule has 0 aliphatic heterocycles. The number of allylic oxidation sites excluding steroid dienone is 1. The van der Waals surface area contributed by atoms with Crippen molar-refractivity contribution in [3.63, 3.8) is 0 Å². The van der Waals surface area contributed by atoms with Gasteiger partial charge in [-0.2, -0.15) is 0 Å². The zero-order valence-corrected chi connectivity index (χ0v) is 10.7. The average molecular weight is 235 g/mol. The molecule has 1 atom stereocenters. The Hall–Kier alpha value is -1.48. The topological polar surface area (TPSA) is 41.5 Å². The lowest BCUT2D eigenvalue weighted by Crippen LogP contribution is -2.19. The monoisotopic (exact) mass is 235 g/mol. The van der Waals surface area contributed by atoms with E-state index < -0.39 is 0 Å². The minimum Gasteiger partial charge on any atom is -0.507 e. The Morgan fingerprint density at radius 1 is 1.47 bits per heavy atom. The molecule has 17 heavy (non-hydrogen) atoms. The van der Waals surface area contributed by atoms with Gasteiger partial charge in [0, 0.05) is 17.7 Å². The maximum atomic E-state index is 9.86. The first-order valence-electron chi connectivity index (χ1n) is 5.90. The molecule has 1 aromatic rings. The SMILES string of the molecule is C/C=C/CCNC(C)c1ccc(OC)cc1O. The Bertz CT molecular complexity index is 374. The van der Waals surface area contributed by atoms with Gasteiger partial charge in [-0.05, 0) is 32.9 Å². The normalized spacial score (nSPS) is 12.9. The van der Waals surface area contributed by atoms with Crippen molar-refractivity contribution in [2.24, 2.45) is 0 Å². The number of phenolic OH excluding ortho intramolecular Hbond substituents is 1. The fourth-order valence-corrected chi connectivity index (χ4v) is 1.68. The Morgan fingerprint density at radius 2 is 2.24 bits per heavy atom. The first-order valence-corrected chi connectivity index (χ1v) is 5.90. The van der Waals surface area contributed by atoms with Crippen LogP contribution in [0.15, 0.2) is 30.4 Å². The fraction of sp³-hybridized carbons (Fsp3) is 0.429. The first-order chi connectivity index (χ1) is 8.19. The molecular formula is C14H21NO2. The number of phenols is 1. The zero-order chi connectivity index (χ0) is 12.7. The van der Waals surface area contributed by atoms with Crippen LogP contribution in [-0.2, 0) is 0 Å². The highest BCUT2D eigenvalue weighted by Crippen LogP contribution is 2.28. The third-order valence-electron chi connectivity index (χ3n) is 2.70. The second-order valence-electron chi connectivity index (χ2n) is 3.96. The fourth-order valence-electron chi connectivity index (χ4n) is 1.68. The van der Waals surface area contributed by atoms with E-state index in [1.807, 2.05) is 32.1 Å². The molecule has 0 bridgehead atoms. The summed E-state index contributed by atoms with van der Waals surface area (Å²) in [5.74, 6) is 0.947. The number of rotatable bonds is 6. The molecule has 0 heterocycles. The van der Waals surface area contributed by atoms with Gasteiger partial charge in [0.2, 0.25) is 0 Å². The second kappa shape index (κ2) is 6.97. The molecule has 0 fully saturated rings. The Kier molecular flexibility index (Phi) is 5.57. The van der Waals surface area contributed by atoms with Gasteiger partial charge in [0.25, 0.3) is 0 Å². The van der Waals surface area contributed by atoms with Crippen molar-refractivity contribution < 1.29 is 9.84 Å². The van der Waals surface area contributed by atoms with E-state index in [9.17, 15) is 5.11 Å². The maximum Gasteiger partial charge on any atom is 0.124 e. The Labute approximate surface area is 103 Å². The van der Waals surface area contributed by atoms with Gasteiger partial charge in [-0.15, -0.1) is 0 Å². The molecule has 3 nitrogen and oxygen atoms in total. The van der Waals surface area contributed by atoms with Crippen molar-refractivity contribution in [2.75, 3.05) is 13.7 Å². The maximum absolute atomic E-state index is 9.86. The van der Waals surface area contributed by atoms with E-state index in [4.69, 9.17) is 4.74 Å². The van der Waals surface area contributed by atoms with Crippen molar-refractivity contribution in [1.29, 1.82) is 0 Å². The summed E-state index contributed by atoms with van der Waals surface area (Å²) in [4.78, 5) is 0. The molecule has 0 spiro atoms. The lowest BCUT2D eigenvalue weighted by atomic mass is 10.1. The molecule has 0 aliphatic carbocycles. The van der Waals surface area contributed by atoms with E-state index >= 15 is 0 Å². The van der Waals surface area contributed by atoms with Crippen LogP contribution in [0.2, 0.25) is 0 Å². The standard InChI is InChI=1S/C14H21NO2/c1-4-5-6-9-15-11(2)13-8-7-12(17-3)10-14(13)16/h4-5,7-8,10-11,15-16H,6,9H2,1-3H3/b5-4+. The molecule has 1 rings (SSSR count). The van der Waals surface area contributed by atoms with Crippen LogP contribution in [-0.4, -0.2) is 18.8 Å². The molecule has 1 aromatic carbocycles. The number of benzene rings is 1. The van der Waals surface area contributed by atoms with Gasteiger partial charge in [-0.3, -0.25) is 0 Å². The molecule has 0 saturated carbocycles. The molecule has 94 valence electrons. The van der Waals surface area contributed by atoms with Gasteiger partial charge >= 0.3 is 0 Å². The van der Waals surface area contributed by atoms with Crippen LogP contribution in [0.3, 0.4) is 0 Å². The molecule has 0 saturated heterocycles. The summed E-state index contributed by atoms with van der Waals surface area (Å²) in [6, 6.07) is 5.52. The van der Waals surface area contributed by atoms with Crippen LogP contribution in [0.25, 0.3) is 0 Å². The molecule has 0 aliphatic rings. The van der Waals surface area contributed by atoms with Gasteiger partial charge in [-0.1, -0.05) is 18.2 Å². The summed E-state index contributed by atoms with van der Waals surface area (Å²) in [5, 5.41) is 13.2. The van der Waals surface area contributed by atoms with Crippen LogP contribution in [0.1, 0.15) is 31.9 Å². The molecular weight excluding hydrogens is 214 g/mol. The minimum atomic E-state index is 0.131. The van der Waals surface area contributed by atoms with E-state index in [1.54, 1.807) is 13.2 Å². The van der Waals surface area contributed by atoms with Crippen LogP contribution >= 0.6 is 0 Å².